The molecule has 0 bridgehead atoms. The molecule has 0 aliphatic carbocycles. The molecule has 6 nitrogen and oxygen atoms in total. The van der Waals surface area contributed by atoms with Crippen molar-refractivity contribution in [2.24, 2.45) is 5.73 Å². The van der Waals surface area contributed by atoms with E-state index in [1.54, 1.807) is 6.07 Å². The van der Waals surface area contributed by atoms with E-state index in [1.165, 1.54) is 12.4 Å². The van der Waals surface area contributed by atoms with Crippen LogP contribution in [0.2, 0.25) is 0 Å². The van der Waals surface area contributed by atoms with Gasteiger partial charge in [-0.2, -0.15) is 0 Å². The number of anilines is 1. The van der Waals surface area contributed by atoms with Crippen LogP contribution < -0.4 is 11.1 Å². The Bertz CT molecular complexity index is 852. The van der Waals surface area contributed by atoms with Crippen molar-refractivity contribution in [3.8, 4) is 0 Å². The molecule has 6 heteroatoms. The maximum atomic E-state index is 11.4. The molecule has 0 aliphatic rings. The van der Waals surface area contributed by atoms with Gasteiger partial charge in [0.2, 0.25) is 0 Å². The van der Waals surface area contributed by atoms with Crippen LogP contribution in [-0.4, -0.2) is 27.6 Å². The molecule has 0 saturated carbocycles. The average molecular weight is 322 g/mol. The molecule has 0 amide bonds. The highest BCUT2D eigenvalue weighted by Crippen LogP contribution is 2.27. The molecule has 1 aromatic heterocycles. The fraction of sp³-hybridized carbons (Fsp3) is 0.167. The van der Waals surface area contributed by atoms with Crippen LogP contribution in [0.5, 0.6) is 0 Å². The Balaban J connectivity index is 2.02. The van der Waals surface area contributed by atoms with E-state index >= 15 is 0 Å². The second-order valence-corrected chi connectivity index (χ2v) is 5.41. The minimum atomic E-state index is -1.01. The van der Waals surface area contributed by atoms with E-state index in [0.717, 1.165) is 12.0 Å². The molecule has 3 rings (SSSR count). The predicted octanol–water partition coefficient (Wildman–Crippen LogP) is 2.83. The van der Waals surface area contributed by atoms with Crippen molar-refractivity contribution in [2.75, 3.05) is 11.9 Å². The van der Waals surface area contributed by atoms with Gasteiger partial charge < -0.3 is 16.2 Å². The first kappa shape index (κ1) is 15.9. The van der Waals surface area contributed by atoms with Crippen LogP contribution in [0.25, 0.3) is 10.9 Å². The molecule has 0 aliphatic heterocycles. The standard InChI is InChI=1S/C18H18N4O2/c19-10-9-15(12-5-2-1-3-6-12)22-17-13-7-4-8-14(18(23)24)16(13)20-11-21-17/h1-8,11,15H,9-10,19H2,(H,23,24)(H,20,21,22)/t15-/m1/s1. The minimum Gasteiger partial charge on any atom is -0.478 e. The summed E-state index contributed by atoms with van der Waals surface area (Å²) in [6, 6.07) is 15.0. The number of carboxylic acids is 1. The number of rotatable bonds is 6. The lowest BCUT2D eigenvalue weighted by Gasteiger charge is -2.20. The Morgan fingerprint density at radius 2 is 1.92 bits per heavy atom. The van der Waals surface area contributed by atoms with Crippen LogP contribution >= 0.6 is 0 Å². The van der Waals surface area contributed by atoms with Crippen molar-refractivity contribution in [3.05, 3.63) is 66.0 Å². The number of nitrogens with zero attached hydrogens (tertiary/aromatic N) is 2. The summed E-state index contributed by atoms with van der Waals surface area (Å²) in [5, 5.41) is 13.4. The highest BCUT2D eigenvalue weighted by molar-refractivity contribution is 6.04. The van der Waals surface area contributed by atoms with Gasteiger partial charge in [-0.15, -0.1) is 0 Å². The van der Waals surface area contributed by atoms with E-state index in [4.69, 9.17) is 5.73 Å². The summed E-state index contributed by atoms with van der Waals surface area (Å²) >= 11 is 0. The number of nitrogens with one attached hydrogen (secondary N) is 1. The highest BCUT2D eigenvalue weighted by atomic mass is 16.4. The third-order valence-electron chi connectivity index (χ3n) is 3.86. The average Bonchev–Trinajstić information content (AvgIpc) is 2.61. The first-order valence-corrected chi connectivity index (χ1v) is 7.69. The van der Waals surface area contributed by atoms with Crippen molar-refractivity contribution in [2.45, 2.75) is 12.5 Å². The summed E-state index contributed by atoms with van der Waals surface area (Å²) < 4.78 is 0. The lowest BCUT2D eigenvalue weighted by Crippen LogP contribution is -2.16. The fourth-order valence-corrected chi connectivity index (χ4v) is 2.71. The number of carbonyl (C=O) groups is 1. The third kappa shape index (κ3) is 3.18. The zero-order valence-electron chi connectivity index (χ0n) is 13.0. The number of hydrogen-bond acceptors (Lipinski definition) is 5. The normalized spacial score (nSPS) is 12.0. The van der Waals surface area contributed by atoms with Gasteiger partial charge in [-0.25, -0.2) is 14.8 Å². The smallest absolute Gasteiger partial charge is 0.337 e. The molecule has 0 fully saturated rings. The van der Waals surface area contributed by atoms with Crippen LogP contribution in [0.1, 0.15) is 28.4 Å². The van der Waals surface area contributed by atoms with Crippen LogP contribution in [0.3, 0.4) is 0 Å². The molecular formula is C18H18N4O2. The van der Waals surface area contributed by atoms with Crippen LogP contribution in [0.15, 0.2) is 54.9 Å². The molecule has 1 atom stereocenters. The molecule has 0 unspecified atom stereocenters. The molecule has 122 valence electrons. The summed E-state index contributed by atoms with van der Waals surface area (Å²) in [6.45, 7) is 0.524. The molecular weight excluding hydrogens is 304 g/mol. The van der Waals surface area contributed by atoms with Gasteiger partial charge in [0.05, 0.1) is 17.1 Å². The fourth-order valence-electron chi connectivity index (χ4n) is 2.71. The topological polar surface area (TPSA) is 101 Å². The molecule has 2 aromatic carbocycles. The van der Waals surface area contributed by atoms with Crippen LogP contribution in [-0.2, 0) is 0 Å². The van der Waals surface area contributed by atoms with E-state index in [2.05, 4.69) is 15.3 Å². The van der Waals surface area contributed by atoms with Crippen molar-refractivity contribution < 1.29 is 9.90 Å². The molecule has 0 radical (unpaired) electrons. The van der Waals surface area contributed by atoms with Gasteiger partial charge in [-0.05, 0) is 30.7 Å². The summed E-state index contributed by atoms with van der Waals surface area (Å²) in [5.41, 5.74) is 7.43. The molecule has 4 N–H and O–H groups in total. The Labute approximate surface area is 139 Å². The van der Waals surface area contributed by atoms with E-state index < -0.39 is 5.97 Å². The van der Waals surface area contributed by atoms with Crippen molar-refractivity contribution in [1.29, 1.82) is 0 Å². The van der Waals surface area contributed by atoms with Gasteiger partial charge in [-0.1, -0.05) is 36.4 Å². The number of carboxylic acid groups (broad SMARTS) is 1. The van der Waals surface area contributed by atoms with Gasteiger partial charge in [0, 0.05) is 5.39 Å². The van der Waals surface area contributed by atoms with Gasteiger partial charge in [0.25, 0.3) is 0 Å². The SMILES string of the molecule is NCC[C@@H](Nc1ncnc2c(C(=O)O)cccc12)c1ccccc1. The first-order valence-electron chi connectivity index (χ1n) is 7.69. The third-order valence-corrected chi connectivity index (χ3v) is 3.86. The summed E-state index contributed by atoms with van der Waals surface area (Å²) in [4.78, 5) is 19.8. The second-order valence-electron chi connectivity index (χ2n) is 5.41. The monoisotopic (exact) mass is 322 g/mol. The van der Waals surface area contributed by atoms with E-state index in [0.29, 0.717) is 23.3 Å². The lowest BCUT2D eigenvalue weighted by atomic mass is 10.0. The minimum absolute atomic E-state index is 0.0113. The van der Waals surface area contributed by atoms with E-state index in [-0.39, 0.29) is 11.6 Å². The molecule has 1 heterocycles. The number of para-hydroxylation sites is 1. The van der Waals surface area contributed by atoms with Gasteiger partial charge >= 0.3 is 5.97 Å². The Kier molecular flexibility index (Phi) is 4.67. The Morgan fingerprint density at radius 1 is 1.12 bits per heavy atom. The number of benzene rings is 2. The Hall–Kier alpha value is -2.99. The zero-order valence-corrected chi connectivity index (χ0v) is 13.0. The number of aromatic carboxylic acids is 1. The van der Waals surface area contributed by atoms with E-state index in [1.807, 2.05) is 36.4 Å². The maximum absolute atomic E-state index is 11.4. The van der Waals surface area contributed by atoms with Crippen LogP contribution in [0.4, 0.5) is 5.82 Å². The van der Waals surface area contributed by atoms with Crippen molar-refractivity contribution in [1.82, 2.24) is 9.97 Å². The summed E-state index contributed by atoms with van der Waals surface area (Å²) in [6.07, 6.45) is 2.11. The molecule has 24 heavy (non-hydrogen) atoms. The number of hydrogen-bond donors (Lipinski definition) is 3. The first-order chi connectivity index (χ1) is 11.7. The number of nitrogens with two attached hydrogens (primary N) is 1. The highest BCUT2D eigenvalue weighted by Gasteiger charge is 2.16. The van der Waals surface area contributed by atoms with Gasteiger partial charge in [0.15, 0.2) is 0 Å². The quantitative estimate of drug-likeness (QED) is 0.645. The largest absolute Gasteiger partial charge is 0.478 e. The van der Waals surface area contributed by atoms with Crippen molar-refractivity contribution in [3.63, 3.8) is 0 Å². The molecule has 3 aromatic rings. The van der Waals surface area contributed by atoms with E-state index in [9.17, 15) is 9.90 Å². The number of fused-ring (bicyclic) bond motifs is 1. The molecule has 0 saturated heterocycles. The zero-order chi connectivity index (χ0) is 16.9. The number of aromatic nitrogens is 2. The molecule has 0 spiro atoms. The maximum Gasteiger partial charge on any atom is 0.337 e. The Morgan fingerprint density at radius 3 is 2.62 bits per heavy atom. The van der Waals surface area contributed by atoms with Crippen LogP contribution in [0, 0.1) is 0 Å². The second kappa shape index (κ2) is 7.06. The predicted molar refractivity (Wildman–Crippen MR) is 93.0 cm³/mol. The lowest BCUT2D eigenvalue weighted by molar-refractivity contribution is 0.0699. The van der Waals surface area contributed by atoms with Crippen molar-refractivity contribution >= 4 is 22.7 Å². The van der Waals surface area contributed by atoms with Gasteiger partial charge in [-0.3, -0.25) is 0 Å². The summed E-state index contributed by atoms with van der Waals surface area (Å²) in [5.74, 6) is -0.405. The summed E-state index contributed by atoms with van der Waals surface area (Å²) in [7, 11) is 0. The van der Waals surface area contributed by atoms with Gasteiger partial charge in [0.1, 0.15) is 12.1 Å².